The number of hydrogen-bond donors (Lipinski definition) is 10. The van der Waals surface area contributed by atoms with Crippen LogP contribution in [0.15, 0.2) is 0 Å². The van der Waals surface area contributed by atoms with Crippen LogP contribution in [0.25, 0.3) is 0 Å². The molecule has 0 amide bonds. The first-order chi connectivity index (χ1) is 23.5. The van der Waals surface area contributed by atoms with Crippen LogP contribution in [0.1, 0.15) is 90.9 Å². The third-order valence-corrected chi connectivity index (χ3v) is 17.5. The Kier molecular flexibility index (Phi) is 9.30. The third-order valence-electron chi connectivity index (χ3n) is 15.3. The largest absolute Gasteiger partial charge is 0.306 e. The summed E-state index contributed by atoms with van der Waals surface area (Å²) in [4.78, 5) is 0. The summed E-state index contributed by atoms with van der Waals surface area (Å²) in [5, 5.41) is 31.4. The van der Waals surface area contributed by atoms with E-state index in [2.05, 4.69) is 56.4 Å². The molecular formula is C34H60N8O5S2. The highest BCUT2D eigenvalue weighted by atomic mass is 32.2. The van der Waals surface area contributed by atoms with E-state index in [0.29, 0.717) is 67.1 Å². The lowest BCUT2D eigenvalue weighted by molar-refractivity contribution is 0.141. The molecule has 0 spiro atoms. The van der Waals surface area contributed by atoms with Gasteiger partial charge >= 0.3 is 0 Å². The molecule has 9 aliphatic rings. The second kappa shape index (κ2) is 13.2. The van der Waals surface area contributed by atoms with Gasteiger partial charge in [-0.05, 0) is 123 Å². The van der Waals surface area contributed by atoms with Gasteiger partial charge in [0.1, 0.15) is 0 Å². The van der Waals surface area contributed by atoms with Crippen LogP contribution in [0.2, 0.25) is 0 Å². The first kappa shape index (κ1) is 34.5. The van der Waals surface area contributed by atoms with Gasteiger partial charge in [-0.2, -0.15) is 8.42 Å². The number of nitrogens with one attached hydrogen (secondary N) is 8. The molecule has 5 saturated heterocycles. The van der Waals surface area contributed by atoms with Crippen molar-refractivity contribution in [3.63, 3.8) is 0 Å². The van der Waals surface area contributed by atoms with Gasteiger partial charge in [0, 0.05) is 0 Å². The van der Waals surface area contributed by atoms with Crippen molar-refractivity contribution in [1.29, 1.82) is 0 Å². The van der Waals surface area contributed by atoms with Gasteiger partial charge in [-0.1, -0.05) is 26.7 Å². The number of fused-ring (bicyclic) bond motifs is 20. The van der Waals surface area contributed by atoms with Gasteiger partial charge in [0.05, 0.1) is 59.8 Å². The van der Waals surface area contributed by atoms with E-state index in [9.17, 15) is 21.7 Å². The third kappa shape index (κ3) is 6.30. The molecule has 5 heterocycles. The van der Waals surface area contributed by atoms with Crippen LogP contribution in [0.5, 0.6) is 0 Å². The van der Waals surface area contributed by atoms with Gasteiger partial charge in [0.2, 0.25) is 0 Å². The van der Waals surface area contributed by atoms with Crippen LogP contribution in [0.4, 0.5) is 0 Å². The molecule has 4 aliphatic carbocycles. The van der Waals surface area contributed by atoms with Crippen molar-refractivity contribution in [2.24, 2.45) is 59.2 Å². The zero-order valence-corrected chi connectivity index (χ0v) is 30.6. The van der Waals surface area contributed by atoms with Crippen LogP contribution in [-0.4, -0.2) is 81.6 Å². The molecule has 13 nitrogen and oxygen atoms in total. The maximum absolute atomic E-state index is 12.4. The Morgan fingerprint density at radius 2 is 0.796 bits per heavy atom. The maximum atomic E-state index is 12.4. The highest BCUT2D eigenvalue weighted by Gasteiger charge is 2.56. The summed E-state index contributed by atoms with van der Waals surface area (Å²) in [5.74, 6) is 4.26. The van der Waals surface area contributed by atoms with E-state index in [-0.39, 0.29) is 72.3 Å². The van der Waals surface area contributed by atoms with Gasteiger partial charge in [-0.25, -0.2) is 4.21 Å². The van der Waals surface area contributed by atoms with Crippen LogP contribution < -0.4 is 42.5 Å². The molecule has 5 aliphatic heterocycles. The second-order valence-corrected chi connectivity index (χ2v) is 20.9. The quantitative estimate of drug-likeness (QED) is 0.145. The summed E-state index contributed by atoms with van der Waals surface area (Å²) in [5.41, 5.74) is 0. The van der Waals surface area contributed by atoms with E-state index in [0.717, 1.165) is 12.8 Å². The Morgan fingerprint density at radius 3 is 1.18 bits per heavy atom. The zero-order chi connectivity index (χ0) is 33.8. The molecule has 9 fully saturated rings. The molecule has 0 aromatic heterocycles. The lowest BCUT2D eigenvalue weighted by Gasteiger charge is -2.38. The van der Waals surface area contributed by atoms with Gasteiger partial charge in [-0.3, -0.25) is 47.1 Å². The van der Waals surface area contributed by atoms with E-state index in [1.807, 2.05) is 0 Å². The smallest absolute Gasteiger partial charge is 0.267 e. The first-order valence-electron chi connectivity index (χ1n) is 19.6. The number of hydrogen-bond acceptors (Lipinski definition) is 11. The summed E-state index contributed by atoms with van der Waals surface area (Å²) < 4.78 is 57.5. The van der Waals surface area contributed by atoms with Crippen molar-refractivity contribution in [2.75, 3.05) is 0 Å². The SMILES string of the molecule is CC1CCC2C3NC(NC4NC(NC5NC(NC6NC(N3)C3CC(S(=O)(=O)O)CCC63)C3CC(S(=O)O)CCC53)C3CC(C)CCC43)C2C1. The molecule has 49 heavy (non-hydrogen) atoms. The lowest BCUT2D eigenvalue weighted by atomic mass is 9.73. The minimum Gasteiger partial charge on any atom is -0.306 e. The molecule has 21 atom stereocenters. The van der Waals surface area contributed by atoms with E-state index in [1.165, 1.54) is 38.5 Å². The van der Waals surface area contributed by atoms with Gasteiger partial charge in [-0.15, -0.1) is 0 Å². The average molecular weight is 725 g/mol. The summed E-state index contributed by atoms with van der Waals surface area (Å²) in [6.45, 7) is 4.80. The molecule has 0 radical (unpaired) electrons. The molecule has 10 N–H and O–H groups in total. The van der Waals surface area contributed by atoms with Crippen molar-refractivity contribution in [3.8, 4) is 0 Å². The Balaban J connectivity index is 1.06. The molecule has 278 valence electrons. The van der Waals surface area contributed by atoms with Gasteiger partial charge in [0.15, 0.2) is 11.1 Å². The van der Waals surface area contributed by atoms with Crippen LogP contribution in [0, 0.1) is 59.2 Å². The van der Waals surface area contributed by atoms with Crippen molar-refractivity contribution in [2.45, 2.75) is 151 Å². The summed E-state index contributed by atoms with van der Waals surface area (Å²) in [7, 11) is -4.13. The maximum Gasteiger partial charge on any atom is 0.267 e. The molecular weight excluding hydrogens is 665 g/mol. The first-order valence-corrected chi connectivity index (χ1v) is 22.3. The molecule has 0 aromatic rings. The standard InChI is InChI=1S/C34H60N8O5S2/c1-15-3-7-19-23(11-15)32-36-27(19)35-31-24-12-16(2)4-8-20(24)28(37-31)41-34-26-14-18(49(45,46)47)6-10-22(26)30(42-34)40-33-25-13-17(48(43)44)5-9-21(25)29(38-32)39-33/h15-42H,3-14H2,1-2H3,(H,43,44)(H,45,46,47). The van der Waals surface area contributed by atoms with E-state index in [4.69, 9.17) is 0 Å². The fourth-order valence-electron chi connectivity index (χ4n) is 12.8. The zero-order valence-electron chi connectivity index (χ0n) is 29.0. The van der Waals surface area contributed by atoms with Gasteiger partial charge in [0.25, 0.3) is 10.1 Å². The van der Waals surface area contributed by atoms with Crippen molar-refractivity contribution in [1.82, 2.24) is 42.5 Å². The second-order valence-electron chi connectivity index (χ2n) is 18.0. The predicted molar refractivity (Wildman–Crippen MR) is 187 cm³/mol. The van der Waals surface area contributed by atoms with E-state index >= 15 is 0 Å². The average Bonchev–Trinajstić information content (AvgIpc) is 3.78. The normalized spacial score (nSPS) is 56.3. The van der Waals surface area contributed by atoms with Crippen molar-refractivity contribution in [3.05, 3.63) is 0 Å². The lowest BCUT2D eigenvalue weighted by Crippen LogP contribution is -2.61. The Morgan fingerprint density at radius 1 is 0.469 bits per heavy atom. The fourth-order valence-corrected chi connectivity index (χ4v) is 14.5. The minimum atomic E-state index is -4.13. The Labute approximate surface area is 294 Å². The van der Waals surface area contributed by atoms with E-state index < -0.39 is 26.4 Å². The molecule has 9 rings (SSSR count). The predicted octanol–water partition coefficient (Wildman–Crippen LogP) is 1.16. The topological polar surface area (TPSA) is 188 Å². The highest BCUT2D eigenvalue weighted by molar-refractivity contribution is 7.86. The van der Waals surface area contributed by atoms with Crippen molar-refractivity contribution < 1.29 is 21.7 Å². The molecule has 0 aromatic carbocycles. The van der Waals surface area contributed by atoms with Gasteiger partial charge < -0.3 is 4.55 Å². The van der Waals surface area contributed by atoms with E-state index in [1.54, 1.807) is 0 Å². The highest BCUT2D eigenvalue weighted by Crippen LogP contribution is 2.47. The fraction of sp³-hybridized carbons (Fsp3) is 1.00. The minimum absolute atomic E-state index is 0.0430. The Hall–Kier alpha value is -0.300. The monoisotopic (exact) mass is 724 g/mol. The summed E-state index contributed by atoms with van der Waals surface area (Å²) in [6.07, 6.45) is 11.8. The summed E-state index contributed by atoms with van der Waals surface area (Å²) in [6, 6.07) is 0. The van der Waals surface area contributed by atoms with Crippen LogP contribution in [0.3, 0.4) is 0 Å². The summed E-state index contributed by atoms with van der Waals surface area (Å²) >= 11 is -1.85. The number of rotatable bonds is 2. The molecule has 15 heteroatoms. The van der Waals surface area contributed by atoms with Crippen LogP contribution in [-0.2, 0) is 21.2 Å². The van der Waals surface area contributed by atoms with Crippen LogP contribution >= 0.6 is 0 Å². The van der Waals surface area contributed by atoms with Crippen molar-refractivity contribution >= 4 is 21.2 Å². The molecule has 4 saturated carbocycles. The molecule has 8 bridgehead atoms. The Bertz CT molecular complexity index is 1380. The molecule has 21 unspecified atom stereocenters.